The van der Waals surface area contributed by atoms with Crippen LogP contribution in [0, 0.1) is 6.92 Å². The summed E-state index contributed by atoms with van der Waals surface area (Å²) in [6.07, 6.45) is 6.20. The van der Waals surface area contributed by atoms with Crippen molar-refractivity contribution in [1.29, 1.82) is 0 Å². The predicted octanol–water partition coefficient (Wildman–Crippen LogP) is 3.75. The van der Waals surface area contributed by atoms with Crippen LogP contribution in [-0.2, 0) is 0 Å². The molecule has 18 heavy (non-hydrogen) atoms. The number of hydrogen-bond acceptors (Lipinski definition) is 2. The largest absolute Gasteiger partial charge is 0.381 e. The number of rotatable bonds is 3. The molecule has 3 rings (SSSR count). The van der Waals surface area contributed by atoms with Gasteiger partial charge in [-0.1, -0.05) is 30.3 Å². The normalized spacial score (nSPS) is 22.3. The Morgan fingerprint density at radius 2 is 1.89 bits per heavy atom. The van der Waals surface area contributed by atoms with Gasteiger partial charge in [0.15, 0.2) is 0 Å². The highest BCUT2D eigenvalue weighted by atomic mass is 14.9. The first-order chi connectivity index (χ1) is 8.83. The molecule has 1 heterocycles. The van der Waals surface area contributed by atoms with Crippen molar-refractivity contribution in [3.63, 3.8) is 0 Å². The third-order valence-electron chi connectivity index (χ3n) is 3.81. The molecule has 1 fully saturated rings. The van der Waals surface area contributed by atoms with Gasteiger partial charge in [-0.2, -0.15) is 0 Å². The number of hydrogen-bond donors (Lipinski definition) is 1. The third kappa shape index (κ3) is 2.23. The van der Waals surface area contributed by atoms with E-state index in [1.807, 2.05) is 12.4 Å². The Balaban J connectivity index is 1.59. The van der Waals surface area contributed by atoms with E-state index in [-0.39, 0.29) is 0 Å². The fourth-order valence-electron chi connectivity index (χ4n) is 2.57. The zero-order valence-corrected chi connectivity index (χ0v) is 10.6. The SMILES string of the molecule is Cc1ccncc1NC1CC(c2ccccc2)C1. The minimum absolute atomic E-state index is 0.595. The van der Waals surface area contributed by atoms with Gasteiger partial charge in [0.25, 0.3) is 0 Å². The van der Waals surface area contributed by atoms with Crippen LogP contribution in [0.5, 0.6) is 0 Å². The van der Waals surface area contributed by atoms with Crippen molar-refractivity contribution in [3.8, 4) is 0 Å². The summed E-state index contributed by atoms with van der Waals surface area (Å²) in [7, 11) is 0. The Bertz CT molecular complexity index is 516. The number of anilines is 1. The van der Waals surface area contributed by atoms with E-state index in [0.29, 0.717) is 6.04 Å². The molecule has 0 radical (unpaired) electrons. The van der Waals surface area contributed by atoms with Crippen LogP contribution in [0.25, 0.3) is 0 Å². The summed E-state index contributed by atoms with van der Waals surface area (Å²) in [5, 5.41) is 3.58. The number of pyridine rings is 1. The predicted molar refractivity (Wildman–Crippen MR) is 74.8 cm³/mol. The second-order valence-corrected chi connectivity index (χ2v) is 5.11. The lowest BCUT2D eigenvalue weighted by Gasteiger charge is -2.37. The van der Waals surface area contributed by atoms with Crippen molar-refractivity contribution in [2.24, 2.45) is 0 Å². The van der Waals surface area contributed by atoms with Gasteiger partial charge in [0.1, 0.15) is 0 Å². The molecule has 1 aromatic carbocycles. The summed E-state index contributed by atoms with van der Waals surface area (Å²) in [6, 6.07) is 13.4. The molecule has 2 aromatic rings. The number of aryl methyl sites for hydroxylation is 1. The molecule has 0 atom stereocenters. The van der Waals surface area contributed by atoms with Gasteiger partial charge in [0.2, 0.25) is 0 Å². The molecule has 2 heteroatoms. The molecule has 0 aliphatic heterocycles. The minimum Gasteiger partial charge on any atom is -0.381 e. The van der Waals surface area contributed by atoms with Gasteiger partial charge in [-0.05, 0) is 42.9 Å². The third-order valence-corrected chi connectivity index (χ3v) is 3.81. The van der Waals surface area contributed by atoms with Crippen LogP contribution < -0.4 is 5.32 Å². The quantitative estimate of drug-likeness (QED) is 0.881. The Labute approximate surface area is 108 Å². The van der Waals surface area contributed by atoms with Crippen molar-refractivity contribution < 1.29 is 0 Å². The average Bonchev–Trinajstić information content (AvgIpc) is 2.36. The molecule has 1 aliphatic carbocycles. The topological polar surface area (TPSA) is 24.9 Å². The van der Waals surface area contributed by atoms with Crippen molar-refractivity contribution in [1.82, 2.24) is 4.98 Å². The van der Waals surface area contributed by atoms with Crippen LogP contribution in [0.15, 0.2) is 48.8 Å². The molecular weight excluding hydrogens is 220 g/mol. The molecule has 1 aromatic heterocycles. The maximum absolute atomic E-state index is 4.17. The van der Waals surface area contributed by atoms with E-state index in [1.54, 1.807) is 0 Å². The van der Waals surface area contributed by atoms with Gasteiger partial charge in [0.05, 0.1) is 11.9 Å². The second kappa shape index (κ2) is 4.81. The van der Waals surface area contributed by atoms with E-state index >= 15 is 0 Å². The maximum Gasteiger partial charge on any atom is 0.0558 e. The fraction of sp³-hybridized carbons (Fsp3) is 0.312. The summed E-state index contributed by atoms with van der Waals surface area (Å²) in [5.74, 6) is 0.723. The van der Waals surface area contributed by atoms with Crippen LogP contribution in [-0.4, -0.2) is 11.0 Å². The Morgan fingerprint density at radius 1 is 1.11 bits per heavy atom. The van der Waals surface area contributed by atoms with E-state index in [1.165, 1.54) is 29.7 Å². The lowest BCUT2D eigenvalue weighted by Crippen LogP contribution is -2.34. The number of benzene rings is 1. The molecule has 0 unspecified atom stereocenters. The molecular formula is C16H18N2. The lowest BCUT2D eigenvalue weighted by atomic mass is 9.76. The number of nitrogens with one attached hydrogen (secondary N) is 1. The van der Waals surface area contributed by atoms with Gasteiger partial charge in [-0.15, -0.1) is 0 Å². The summed E-state index contributed by atoms with van der Waals surface area (Å²) >= 11 is 0. The van der Waals surface area contributed by atoms with Crippen molar-refractivity contribution >= 4 is 5.69 Å². The summed E-state index contributed by atoms with van der Waals surface area (Å²) < 4.78 is 0. The number of aromatic nitrogens is 1. The first-order valence-electron chi connectivity index (χ1n) is 6.55. The highest BCUT2D eigenvalue weighted by molar-refractivity contribution is 5.49. The first-order valence-corrected chi connectivity index (χ1v) is 6.55. The maximum atomic E-state index is 4.17. The fourth-order valence-corrected chi connectivity index (χ4v) is 2.57. The molecule has 1 aliphatic rings. The average molecular weight is 238 g/mol. The Kier molecular flexibility index (Phi) is 3.01. The van der Waals surface area contributed by atoms with Crippen LogP contribution in [0.4, 0.5) is 5.69 Å². The Morgan fingerprint density at radius 3 is 2.61 bits per heavy atom. The van der Waals surface area contributed by atoms with Gasteiger partial charge in [-0.25, -0.2) is 0 Å². The van der Waals surface area contributed by atoms with E-state index < -0.39 is 0 Å². The molecule has 0 saturated heterocycles. The van der Waals surface area contributed by atoms with Crippen molar-refractivity contribution in [3.05, 3.63) is 59.9 Å². The second-order valence-electron chi connectivity index (χ2n) is 5.11. The summed E-state index contributed by atoms with van der Waals surface area (Å²) in [6.45, 7) is 2.12. The van der Waals surface area contributed by atoms with Gasteiger partial charge in [0, 0.05) is 12.2 Å². The lowest BCUT2D eigenvalue weighted by molar-refractivity contribution is 0.374. The van der Waals surface area contributed by atoms with Gasteiger partial charge in [-0.3, -0.25) is 4.98 Å². The van der Waals surface area contributed by atoms with Gasteiger partial charge >= 0.3 is 0 Å². The van der Waals surface area contributed by atoms with Crippen molar-refractivity contribution in [2.45, 2.75) is 31.7 Å². The highest BCUT2D eigenvalue weighted by Gasteiger charge is 2.30. The first kappa shape index (κ1) is 11.3. The van der Waals surface area contributed by atoms with E-state index in [0.717, 1.165) is 5.92 Å². The molecule has 0 spiro atoms. The zero-order chi connectivity index (χ0) is 12.4. The van der Waals surface area contributed by atoms with E-state index in [9.17, 15) is 0 Å². The van der Waals surface area contributed by atoms with Crippen LogP contribution >= 0.6 is 0 Å². The van der Waals surface area contributed by atoms with Crippen LogP contribution in [0.2, 0.25) is 0 Å². The monoisotopic (exact) mass is 238 g/mol. The standard InChI is InChI=1S/C16H18N2/c1-12-7-8-17-11-16(12)18-15-9-14(10-15)13-5-3-2-4-6-13/h2-8,11,14-15,18H,9-10H2,1H3. The van der Waals surface area contributed by atoms with Crippen LogP contribution in [0.3, 0.4) is 0 Å². The minimum atomic E-state index is 0.595. The van der Waals surface area contributed by atoms with E-state index in [4.69, 9.17) is 0 Å². The summed E-state index contributed by atoms with van der Waals surface area (Å²) in [5.41, 5.74) is 3.92. The highest BCUT2D eigenvalue weighted by Crippen LogP contribution is 2.38. The zero-order valence-electron chi connectivity index (χ0n) is 10.6. The van der Waals surface area contributed by atoms with E-state index in [2.05, 4.69) is 53.6 Å². The molecule has 0 bridgehead atoms. The number of nitrogens with zero attached hydrogens (tertiary/aromatic N) is 1. The Hall–Kier alpha value is -1.83. The van der Waals surface area contributed by atoms with Gasteiger partial charge < -0.3 is 5.32 Å². The molecule has 1 saturated carbocycles. The smallest absolute Gasteiger partial charge is 0.0558 e. The molecule has 92 valence electrons. The molecule has 0 amide bonds. The van der Waals surface area contributed by atoms with Crippen molar-refractivity contribution in [2.75, 3.05) is 5.32 Å². The molecule has 2 nitrogen and oxygen atoms in total. The summed E-state index contributed by atoms with van der Waals surface area (Å²) in [4.78, 5) is 4.17. The molecule has 1 N–H and O–H groups in total. The van der Waals surface area contributed by atoms with Crippen LogP contribution in [0.1, 0.15) is 29.9 Å².